The lowest BCUT2D eigenvalue weighted by Crippen LogP contribution is -2.53. The maximum absolute atomic E-state index is 12.5. The molecular formula is C21H25N3O8S. The maximum Gasteiger partial charge on any atom is 0.322 e. The highest BCUT2D eigenvalue weighted by Gasteiger charge is 2.26. The largest absolute Gasteiger partial charge is 0.507 e. The molecule has 33 heavy (non-hydrogen) atoms. The summed E-state index contributed by atoms with van der Waals surface area (Å²) in [5.41, 5.74) is 6.06. The lowest BCUT2D eigenvalue weighted by atomic mass is 10.0. The summed E-state index contributed by atoms with van der Waals surface area (Å²) < 4.78 is 0. The molecule has 12 heteroatoms. The van der Waals surface area contributed by atoms with E-state index in [0.717, 1.165) is 11.8 Å². The Bertz CT molecular complexity index is 1080. The molecule has 8 N–H and O–H groups in total. The summed E-state index contributed by atoms with van der Waals surface area (Å²) in [7, 11) is 0. The van der Waals surface area contributed by atoms with Crippen LogP contribution in [0, 0.1) is 6.92 Å². The van der Waals surface area contributed by atoms with Crippen molar-refractivity contribution in [3.63, 3.8) is 0 Å². The molecule has 11 nitrogen and oxygen atoms in total. The van der Waals surface area contributed by atoms with Gasteiger partial charge < -0.3 is 36.8 Å². The van der Waals surface area contributed by atoms with E-state index in [9.17, 15) is 29.4 Å². The van der Waals surface area contributed by atoms with Gasteiger partial charge in [0.2, 0.25) is 11.8 Å². The number of aromatic hydroxyl groups is 2. The van der Waals surface area contributed by atoms with Crippen LogP contribution in [0.15, 0.2) is 29.2 Å². The van der Waals surface area contributed by atoms with Gasteiger partial charge in [0.1, 0.15) is 24.1 Å². The average Bonchev–Trinajstić information content (AvgIpc) is 2.78. The SMILES string of the molecule is Cc1c(SC[C@H](NC(=O)[C@@H](N)CCC(=O)O)C(=O)NCC(=O)O)c(O)c2ccccc2c1O. The number of thioether (sulfide) groups is 1. The zero-order chi connectivity index (χ0) is 24.7. The minimum atomic E-state index is -1.29. The van der Waals surface area contributed by atoms with Crippen LogP contribution in [0.4, 0.5) is 0 Å². The number of nitrogens with one attached hydrogen (secondary N) is 2. The quantitative estimate of drug-likeness (QED) is 0.176. The third-order valence-corrected chi connectivity index (χ3v) is 6.08. The summed E-state index contributed by atoms with van der Waals surface area (Å²) in [5, 5.41) is 44.2. The molecule has 2 amide bonds. The number of hydrogen-bond donors (Lipinski definition) is 7. The zero-order valence-corrected chi connectivity index (χ0v) is 18.5. The molecule has 0 bridgehead atoms. The lowest BCUT2D eigenvalue weighted by Gasteiger charge is -2.21. The van der Waals surface area contributed by atoms with Crippen molar-refractivity contribution in [1.29, 1.82) is 0 Å². The number of amides is 2. The maximum atomic E-state index is 12.5. The predicted molar refractivity (Wildman–Crippen MR) is 120 cm³/mol. The van der Waals surface area contributed by atoms with Crippen LogP contribution >= 0.6 is 11.8 Å². The van der Waals surface area contributed by atoms with Gasteiger partial charge in [-0.15, -0.1) is 11.8 Å². The minimum Gasteiger partial charge on any atom is -0.507 e. The molecule has 0 heterocycles. The Morgan fingerprint density at radius 2 is 1.61 bits per heavy atom. The molecule has 0 aromatic heterocycles. The van der Waals surface area contributed by atoms with E-state index in [0.29, 0.717) is 16.3 Å². The van der Waals surface area contributed by atoms with Crippen LogP contribution < -0.4 is 16.4 Å². The number of benzene rings is 2. The highest BCUT2D eigenvalue weighted by Crippen LogP contribution is 2.44. The summed E-state index contributed by atoms with van der Waals surface area (Å²) in [6.07, 6.45) is -0.501. The molecule has 2 rings (SSSR count). The number of carbonyl (C=O) groups excluding carboxylic acids is 2. The summed E-state index contributed by atoms with van der Waals surface area (Å²) in [6, 6.07) is 4.22. The van der Waals surface area contributed by atoms with Crippen molar-refractivity contribution in [2.75, 3.05) is 12.3 Å². The fourth-order valence-electron chi connectivity index (χ4n) is 3.01. The number of rotatable bonds is 11. The van der Waals surface area contributed by atoms with Gasteiger partial charge in [0.05, 0.1) is 10.9 Å². The number of aliphatic carboxylic acids is 2. The third-order valence-electron chi connectivity index (χ3n) is 4.80. The van der Waals surface area contributed by atoms with Gasteiger partial charge >= 0.3 is 11.9 Å². The van der Waals surface area contributed by atoms with Crippen molar-refractivity contribution in [3.8, 4) is 11.5 Å². The number of fused-ring (bicyclic) bond motifs is 1. The Morgan fingerprint density at radius 1 is 1.00 bits per heavy atom. The van der Waals surface area contributed by atoms with E-state index >= 15 is 0 Å². The van der Waals surface area contributed by atoms with Crippen LogP contribution in [0.25, 0.3) is 10.8 Å². The molecule has 0 saturated carbocycles. The van der Waals surface area contributed by atoms with E-state index in [4.69, 9.17) is 15.9 Å². The number of hydrogen-bond acceptors (Lipinski definition) is 8. The van der Waals surface area contributed by atoms with E-state index in [1.165, 1.54) is 0 Å². The van der Waals surface area contributed by atoms with Crippen molar-refractivity contribution < 1.29 is 39.6 Å². The summed E-state index contributed by atoms with van der Waals surface area (Å²) in [4.78, 5) is 46.6. The fraction of sp³-hybridized carbons (Fsp3) is 0.333. The molecule has 0 aliphatic carbocycles. The first-order valence-electron chi connectivity index (χ1n) is 9.86. The van der Waals surface area contributed by atoms with Crippen LogP contribution in [0.1, 0.15) is 18.4 Å². The highest BCUT2D eigenvalue weighted by molar-refractivity contribution is 7.99. The van der Waals surface area contributed by atoms with Gasteiger partial charge in [-0.05, 0) is 13.3 Å². The first-order valence-corrected chi connectivity index (χ1v) is 10.8. The number of carboxylic acid groups (broad SMARTS) is 2. The second-order valence-electron chi connectivity index (χ2n) is 7.22. The predicted octanol–water partition coefficient (Wildman–Crippen LogP) is 0.529. The normalized spacial score (nSPS) is 12.7. The Kier molecular flexibility index (Phi) is 8.88. The number of phenols is 2. The van der Waals surface area contributed by atoms with Crippen LogP contribution in [0.3, 0.4) is 0 Å². The first kappa shape index (κ1) is 25.7. The molecule has 0 unspecified atom stereocenters. The Morgan fingerprint density at radius 3 is 2.18 bits per heavy atom. The molecule has 0 saturated heterocycles. The van der Waals surface area contributed by atoms with Crippen LogP contribution in [-0.4, -0.2) is 68.6 Å². The highest BCUT2D eigenvalue weighted by atomic mass is 32.2. The average molecular weight is 480 g/mol. The fourth-order valence-corrected chi connectivity index (χ4v) is 4.13. The van der Waals surface area contributed by atoms with Crippen molar-refractivity contribution in [2.45, 2.75) is 36.7 Å². The molecule has 0 radical (unpaired) electrons. The van der Waals surface area contributed by atoms with E-state index in [-0.39, 0.29) is 35.0 Å². The summed E-state index contributed by atoms with van der Waals surface area (Å²) in [5.74, 6) is -4.29. The van der Waals surface area contributed by atoms with Gasteiger partial charge in [-0.2, -0.15) is 0 Å². The number of carbonyl (C=O) groups is 4. The molecule has 0 fully saturated rings. The molecular weight excluding hydrogens is 454 g/mol. The van der Waals surface area contributed by atoms with Gasteiger partial charge in [-0.3, -0.25) is 19.2 Å². The molecule has 2 aromatic rings. The molecule has 0 aliphatic rings. The third kappa shape index (κ3) is 6.73. The Hall–Kier alpha value is -3.51. The number of nitrogens with two attached hydrogens (primary N) is 1. The molecule has 0 spiro atoms. The standard InChI is InChI=1S/C21H25N3O8S/c1-10-17(29)11-4-2-3-5-12(11)18(30)19(10)33-9-14(21(32)23-8-16(27)28)24-20(31)13(22)6-7-15(25)26/h2-5,13-14,29-30H,6-9,22H2,1H3,(H,23,32)(H,24,31)(H,25,26)(H,27,28)/t13-,14-/m0/s1. The van der Waals surface area contributed by atoms with Gasteiger partial charge in [0.15, 0.2) is 0 Å². The Balaban J connectivity index is 2.24. The van der Waals surface area contributed by atoms with Gasteiger partial charge in [-0.25, -0.2) is 0 Å². The van der Waals surface area contributed by atoms with E-state index in [1.807, 2.05) is 0 Å². The van der Waals surface area contributed by atoms with Gasteiger partial charge in [0.25, 0.3) is 0 Å². The summed E-state index contributed by atoms with van der Waals surface area (Å²) >= 11 is 0.977. The van der Waals surface area contributed by atoms with Gasteiger partial charge in [0, 0.05) is 28.5 Å². The van der Waals surface area contributed by atoms with Gasteiger partial charge in [-0.1, -0.05) is 24.3 Å². The molecule has 0 aliphatic heterocycles. The number of phenolic OH excluding ortho intramolecular Hbond substituents is 2. The van der Waals surface area contributed by atoms with Crippen LogP contribution in [0.5, 0.6) is 11.5 Å². The van der Waals surface area contributed by atoms with Crippen molar-refractivity contribution in [3.05, 3.63) is 29.8 Å². The lowest BCUT2D eigenvalue weighted by molar-refractivity contribution is -0.138. The minimum absolute atomic E-state index is 0.0440. The van der Waals surface area contributed by atoms with Crippen LogP contribution in [-0.2, 0) is 19.2 Å². The monoisotopic (exact) mass is 479 g/mol. The van der Waals surface area contributed by atoms with Crippen molar-refractivity contribution >= 4 is 46.3 Å². The van der Waals surface area contributed by atoms with Crippen molar-refractivity contribution in [1.82, 2.24) is 10.6 Å². The Labute approximate surface area is 193 Å². The van der Waals surface area contributed by atoms with E-state index < -0.39 is 42.4 Å². The molecule has 2 atom stereocenters. The van der Waals surface area contributed by atoms with Crippen molar-refractivity contribution in [2.24, 2.45) is 5.73 Å². The topological polar surface area (TPSA) is 199 Å². The van der Waals surface area contributed by atoms with Crippen LogP contribution in [0.2, 0.25) is 0 Å². The van der Waals surface area contributed by atoms with E-state index in [1.54, 1.807) is 31.2 Å². The first-order chi connectivity index (χ1) is 15.5. The van der Waals surface area contributed by atoms with E-state index in [2.05, 4.69) is 10.6 Å². The number of carboxylic acids is 2. The molecule has 2 aromatic carbocycles. The zero-order valence-electron chi connectivity index (χ0n) is 17.7. The second kappa shape index (κ2) is 11.4. The summed E-state index contributed by atoms with van der Waals surface area (Å²) in [6.45, 7) is 0.908. The molecule has 178 valence electrons. The second-order valence-corrected chi connectivity index (χ2v) is 8.25. The smallest absolute Gasteiger partial charge is 0.322 e.